The molecule has 6 nitrogen and oxygen atoms in total. The summed E-state index contributed by atoms with van der Waals surface area (Å²) in [6, 6.07) is 5.50. The summed E-state index contributed by atoms with van der Waals surface area (Å²) in [5, 5.41) is 4.62. The van der Waals surface area contributed by atoms with E-state index in [-0.39, 0.29) is 19.0 Å². The molecule has 1 aromatic carbocycles. The third-order valence-electron chi connectivity index (χ3n) is 5.38. The molecule has 28 heavy (non-hydrogen) atoms. The standard InChI is InChI=1S/C20H19F2N5O/c21-15-4-3-14(16(22)9-15)11-25-7-8-26(12-19(25)28)20-18-10-17(13-1-2-13)24-27(18)6-5-23-20/h3-6,9-10,13H,1-2,7-8,11-12H2. The van der Waals surface area contributed by atoms with E-state index < -0.39 is 11.6 Å². The first-order valence-electron chi connectivity index (χ1n) is 9.39. The fourth-order valence-electron chi connectivity index (χ4n) is 3.66. The first-order valence-corrected chi connectivity index (χ1v) is 9.39. The first-order chi connectivity index (χ1) is 13.6. The molecule has 0 unspecified atom stereocenters. The van der Waals surface area contributed by atoms with Crippen molar-refractivity contribution >= 4 is 17.2 Å². The Morgan fingerprint density at radius 2 is 2.00 bits per heavy atom. The molecule has 3 aromatic rings. The van der Waals surface area contributed by atoms with Gasteiger partial charge in [0, 0.05) is 49.6 Å². The third-order valence-corrected chi connectivity index (χ3v) is 5.38. The van der Waals surface area contributed by atoms with Gasteiger partial charge in [-0.15, -0.1) is 0 Å². The Balaban J connectivity index is 1.34. The van der Waals surface area contributed by atoms with E-state index >= 15 is 0 Å². The molecule has 2 fully saturated rings. The van der Waals surface area contributed by atoms with E-state index in [9.17, 15) is 13.6 Å². The zero-order valence-corrected chi connectivity index (χ0v) is 15.2. The monoisotopic (exact) mass is 383 g/mol. The van der Waals surface area contributed by atoms with Crippen LogP contribution in [0.4, 0.5) is 14.6 Å². The second kappa shape index (κ2) is 6.54. The molecule has 3 heterocycles. The molecule has 0 atom stereocenters. The molecule has 1 saturated carbocycles. The Hall–Kier alpha value is -3.03. The van der Waals surface area contributed by atoms with Gasteiger partial charge in [-0.2, -0.15) is 5.10 Å². The number of piperazine rings is 1. The van der Waals surface area contributed by atoms with Crippen LogP contribution in [0.3, 0.4) is 0 Å². The minimum Gasteiger partial charge on any atom is -0.344 e. The van der Waals surface area contributed by atoms with Gasteiger partial charge in [0.25, 0.3) is 0 Å². The van der Waals surface area contributed by atoms with Crippen molar-refractivity contribution in [2.45, 2.75) is 25.3 Å². The predicted molar refractivity (Wildman–Crippen MR) is 99.0 cm³/mol. The number of nitrogens with zero attached hydrogens (tertiary/aromatic N) is 5. The minimum atomic E-state index is -0.631. The van der Waals surface area contributed by atoms with Gasteiger partial charge in [-0.05, 0) is 25.0 Å². The Kier molecular flexibility index (Phi) is 3.99. The van der Waals surface area contributed by atoms with Crippen molar-refractivity contribution in [1.82, 2.24) is 19.5 Å². The number of anilines is 1. The zero-order chi connectivity index (χ0) is 19.3. The Bertz CT molecular complexity index is 1060. The lowest BCUT2D eigenvalue weighted by molar-refractivity contribution is -0.131. The molecule has 1 aliphatic carbocycles. The molecule has 5 rings (SSSR count). The number of fused-ring (bicyclic) bond motifs is 1. The summed E-state index contributed by atoms with van der Waals surface area (Å²) < 4.78 is 28.8. The Labute approximate surface area is 160 Å². The summed E-state index contributed by atoms with van der Waals surface area (Å²) in [6.45, 7) is 1.33. The molecule has 0 N–H and O–H groups in total. The van der Waals surface area contributed by atoms with Crippen molar-refractivity contribution in [2.24, 2.45) is 0 Å². The van der Waals surface area contributed by atoms with Gasteiger partial charge in [0.1, 0.15) is 17.2 Å². The van der Waals surface area contributed by atoms with Crippen LogP contribution >= 0.6 is 0 Å². The van der Waals surface area contributed by atoms with Crippen LogP contribution in [-0.2, 0) is 11.3 Å². The number of rotatable bonds is 4. The van der Waals surface area contributed by atoms with E-state index in [1.54, 1.807) is 11.1 Å². The molecule has 1 aliphatic heterocycles. The van der Waals surface area contributed by atoms with Crippen LogP contribution in [0.25, 0.3) is 5.52 Å². The van der Waals surface area contributed by atoms with E-state index in [4.69, 9.17) is 0 Å². The molecule has 2 aliphatic rings. The van der Waals surface area contributed by atoms with E-state index in [0.717, 1.165) is 23.1 Å². The average molecular weight is 383 g/mol. The van der Waals surface area contributed by atoms with Crippen LogP contribution in [0.2, 0.25) is 0 Å². The Morgan fingerprint density at radius 3 is 2.75 bits per heavy atom. The fraction of sp³-hybridized carbons (Fsp3) is 0.350. The third kappa shape index (κ3) is 3.08. The quantitative estimate of drug-likeness (QED) is 0.695. The molecule has 0 radical (unpaired) electrons. The highest BCUT2D eigenvalue weighted by Gasteiger charge is 2.29. The van der Waals surface area contributed by atoms with E-state index in [0.29, 0.717) is 24.6 Å². The highest BCUT2D eigenvalue weighted by atomic mass is 19.1. The van der Waals surface area contributed by atoms with Crippen molar-refractivity contribution in [2.75, 3.05) is 24.5 Å². The van der Waals surface area contributed by atoms with Crippen LogP contribution in [-0.4, -0.2) is 45.0 Å². The van der Waals surface area contributed by atoms with Crippen molar-refractivity contribution in [1.29, 1.82) is 0 Å². The Morgan fingerprint density at radius 1 is 1.14 bits per heavy atom. The van der Waals surface area contributed by atoms with Gasteiger partial charge in [0.15, 0.2) is 5.82 Å². The number of carbonyl (C=O) groups is 1. The summed E-state index contributed by atoms with van der Waals surface area (Å²) in [7, 11) is 0. The summed E-state index contributed by atoms with van der Waals surface area (Å²) in [5.74, 6) is -0.0862. The highest BCUT2D eigenvalue weighted by Crippen LogP contribution is 2.40. The van der Waals surface area contributed by atoms with Gasteiger partial charge in [-0.3, -0.25) is 4.79 Å². The lowest BCUT2D eigenvalue weighted by Crippen LogP contribution is -2.50. The molecular weight excluding hydrogens is 364 g/mol. The molecule has 2 aromatic heterocycles. The van der Waals surface area contributed by atoms with Crippen LogP contribution in [0.15, 0.2) is 36.7 Å². The minimum absolute atomic E-state index is 0.110. The lowest BCUT2D eigenvalue weighted by atomic mass is 10.1. The number of halogens is 2. The van der Waals surface area contributed by atoms with E-state index in [1.165, 1.54) is 25.0 Å². The molecule has 0 bridgehead atoms. The average Bonchev–Trinajstić information content (AvgIpc) is 3.43. The normalized spacial score (nSPS) is 17.6. The zero-order valence-electron chi connectivity index (χ0n) is 15.2. The van der Waals surface area contributed by atoms with E-state index in [2.05, 4.69) is 16.1 Å². The molecule has 0 spiro atoms. The summed E-state index contributed by atoms with van der Waals surface area (Å²) >= 11 is 0. The largest absolute Gasteiger partial charge is 0.344 e. The maximum Gasteiger partial charge on any atom is 0.242 e. The van der Waals surface area contributed by atoms with Gasteiger partial charge in [-0.25, -0.2) is 18.3 Å². The number of carbonyl (C=O) groups excluding carboxylic acids is 1. The van der Waals surface area contributed by atoms with Gasteiger partial charge >= 0.3 is 0 Å². The molecular formula is C20H19F2N5O. The smallest absolute Gasteiger partial charge is 0.242 e. The van der Waals surface area contributed by atoms with Crippen molar-refractivity contribution in [3.8, 4) is 0 Å². The predicted octanol–water partition coefficient (Wildman–Crippen LogP) is 2.73. The lowest BCUT2D eigenvalue weighted by Gasteiger charge is -2.35. The van der Waals surface area contributed by atoms with Crippen LogP contribution < -0.4 is 4.90 Å². The van der Waals surface area contributed by atoms with Gasteiger partial charge in [-0.1, -0.05) is 6.07 Å². The van der Waals surface area contributed by atoms with Crippen molar-refractivity contribution in [3.05, 3.63) is 59.6 Å². The van der Waals surface area contributed by atoms with Crippen molar-refractivity contribution < 1.29 is 13.6 Å². The second-order valence-electron chi connectivity index (χ2n) is 7.40. The van der Waals surface area contributed by atoms with Crippen LogP contribution in [0.5, 0.6) is 0 Å². The number of benzene rings is 1. The molecule has 8 heteroatoms. The molecule has 1 saturated heterocycles. The van der Waals surface area contributed by atoms with Crippen molar-refractivity contribution in [3.63, 3.8) is 0 Å². The second-order valence-corrected chi connectivity index (χ2v) is 7.40. The number of hydrogen-bond acceptors (Lipinski definition) is 4. The SMILES string of the molecule is O=C1CN(c2nccn3nc(C4CC4)cc23)CCN1Cc1ccc(F)cc1F. The van der Waals surface area contributed by atoms with Gasteiger partial charge in [0.05, 0.1) is 12.2 Å². The van der Waals surface area contributed by atoms with Gasteiger partial charge < -0.3 is 9.80 Å². The summed E-state index contributed by atoms with van der Waals surface area (Å²) in [6.07, 6.45) is 5.85. The number of hydrogen-bond donors (Lipinski definition) is 0. The van der Waals surface area contributed by atoms with Crippen LogP contribution in [0.1, 0.15) is 30.0 Å². The van der Waals surface area contributed by atoms with E-state index in [1.807, 2.05) is 15.6 Å². The first kappa shape index (κ1) is 17.1. The molecule has 144 valence electrons. The summed E-state index contributed by atoms with van der Waals surface area (Å²) in [4.78, 5) is 20.7. The molecule has 1 amide bonds. The number of amides is 1. The maximum atomic E-state index is 13.9. The number of aromatic nitrogens is 3. The van der Waals surface area contributed by atoms with Crippen LogP contribution in [0, 0.1) is 11.6 Å². The fourth-order valence-corrected chi connectivity index (χ4v) is 3.66. The van der Waals surface area contributed by atoms with Gasteiger partial charge in [0.2, 0.25) is 5.91 Å². The topological polar surface area (TPSA) is 53.7 Å². The maximum absolute atomic E-state index is 13.9. The summed E-state index contributed by atoms with van der Waals surface area (Å²) in [5.41, 5.74) is 2.29. The highest BCUT2D eigenvalue weighted by molar-refractivity contribution is 5.84.